The molecule has 2 rings (SSSR count). The summed E-state index contributed by atoms with van der Waals surface area (Å²) in [5.41, 5.74) is 0. The second-order valence-corrected chi connectivity index (χ2v) is 5.95. The average molecular weight is 269 g/mol. The minimum Gasteiger partial charge on any atom is -0.379 e. The molecule has 0 aromatic heterocycles. The molecular weight excluding hydrogens is 242 g/mol. The first kappa shape index (κ1) is 14.8. The number of nitrogens with one attached hydrogen (secondary N) is 2. The van der Waals surface area contributed by atoms with E-state index in [-0.39, 0.29) is 17.9 Å². The molecule has 2 unspecified atom stereocenters. The molecule has 5 nitrogen and oxygen atoms in total. The van der Waals surface area contributed by atoms with Crippen molar-refractivity contribution in [3.05, 3.63) is 0 Å². The van der Waals surface area contributed by atoms with Crippen molar-refractivity contribution in [2.75, 3.05) is 33.4 Å². The van der Waals surface area contributed by atoms with Crippen molar-refractivity contribution in [1.29, 1.82) is 0 Å². The van der Waals surface area contributed by atoms with Crippen LogP contribution in [0.2, 0.25) is 0 Å². The van der Waals surface area contributed by atoms with Crippen molar-refractivity contribution in [1.82, 2.24) is 15.5 Å². The van der Waals surface area contributed by atoms with Crippen molar-refractivity contribution >= 4 is 5.91 Å². The Morgan fingerprint density at radius 2 is 1.95 bits per heavy atom. The number of ether oxygens (including phenoxy) is 1. The summed E-state index contributed by atoms with van der Waals surface area (Å²) in [6.07, 6.45) is 2.11. The number of piperidine rings is 1. The van der Waals surface area contributed by atoms with Crippen molar-refractivity contribution in [2.45, 2.75) is 44.8 Å². The van der Waals surface area contributed by atoms with Gasteiger partial charge in [0.05, 0.1) is 19.1 Å². The number of likely N-dealkylation sites (tertiary alicyclic amines) is 1. The number of rotatable bonds is 4. The molecule has 1 amide bonds. The van der Waals surface area contributed by atoms with E-state index in [9.17, 15) is 4.79 Å². The van der Waals surface area contributed by atoms with Crippen LogP contribution in [-0.2, 0) is 9.53 Å². The lowest BCUT2D eigenvalue weighted by Crippen LogP contribution is -2.50. The van der Waals surface area contributed by atoms with Crippen molar-refractivity contribution < 1.29 is 9.53 Å². The number of carbonyl (C=O) groups excluding carboxylic acids is 1. The largest absolute Gasteiger partial charge is 0.379 e. The maximum Gasteiger partial charge on any atom is 0.227 e. The highest BCUT2D eigenvalue weighted by Crippen LogP contribution is 2.17. The van der Waals surface area contributed by atoms with Gasteiger partial charge >= 0.3 is 0 Å². The number of hydrogen-bond donors (Lipinski definition) is 2. The van der Waals surface area contributed by atoms with Crippen LogP contribution in [0.1, 0.15) is 26.7 Å². The van der Waals surface area contributed by atoms with Crippen LogP contribution in [0.15, 0.2) is 0 Å². The predicted molar refractivity (Wildman–Crippen MR) is 75.0 cm³/mol. The Bertz CT molecular complexity index is 301. The van der Waals surface area contributed by atoms with Gasteiger partial charge in [0.1, 0.15) is 0 Å². The van der Waals surface area contributed by atoms with E-state index >= 15 is 0 Å². The summed E-state index contributed by atoms with van der Waals surface area (Å²) >= 11 is 0. The van der Waals surface area contributed by atoms with Gasteiger partial charge in [0, 0.05) is 31.2 Å². The van der Waals surface area contributed by atoms with Crippen LogP contribution in [0.4, 0.5) is 0 Å². The van der Waals surface area contributed by atoms with Gasteiger partial charge in [0.2, 0.25) is 5.91 Å². The van der Waals surface area contributed by atoms with Gasteiger partial charge in [-0.2, -0.15) is 0 Å². The van der Waals surface area contributed by atoms with Crippen LogP contribution in [0, 0.1) is 5.92 Å². The SMILES string of the molecule is CNC1COCC1C(=O)NC1CCN(C(C)C)CC1. The molecule has 0 aromatic rings. The first-order valence-corrected chi connectivity index (χ1v) is 7.41. The lowest BCUT2D eigenvalue weighted by Gasteiger charge is -2.35. The van der Waals surface area contributed by atoms with Gasteiger partial charge in [-0.1, -0.05) is 0 Å². The maximum atomic E-state index is 12.3. The minimum absolute atomic E-state index is 0.0341. The Morgan fingerprint density at radius 3 is 2.53 bits per heavy atom. The highest BCUT2D eigenvalue weighted by Gasteiger charge is 2.34. The summed E-state index contributed by atoms with van der Waals surface area (Å²) in [5, 5.41) is 6.36. The molecule has 2 N–H and O–H groups in total. The van der Waals surface area contributed by atoms with Crippen LogP contribution >= 0.6 is 0 Å². The number of likely N-dealkylation sites (N-methyl/N-ethyl adjacent to an activating group) is 1. The molecule has 0 radical (unpaired) electrons. The molecule has 2 aliphatic heterocycles. The lowest BCUT2D eigenvalue weighted by atomic mass is 9.99. The Labute approximate surface area is 116 Å². The minimum atomic E-state index is -0.0341. The summed E-state index contributed by atoms with van der Waals surface area (Å²) in [6, 6.07) is 1.10. The van der Waals surface area contributed by atoms with Crippen LogP contribution in [-0.4, -0.2) is 62.3 Å². The molecule has 0 spiro atoms. The third kappa shape index (κ3) is 3.68. The zero-order valence-corrected chi connectivity index (χ0v) is 12.3. The Balaban J connectivity index is 1.77. The lowest BCUT2D eigenvalue weighted by molar-refractivity contribution is -0.126. The molecule has 2 atom stereocenters. The van der Waals surface area contributed by atoms with Crippen LogP contribution < -0.4 is 10.6 Å². The molecule has 110 valence electrons. The normalized spacial score (nSPS) is 29.9. The van der Waals surface area contributed by atoms with Gasteiger partial charge in [-0.15, -0.1) is 0 Å². The van der Waals surface area contributed by atoms with Crippen LogP contribution in [0.3, 0.4) is 0 Å². The number of amides is 1. The fraction of sp³-hybridized carbons (Fsp3) is 0.929. The van der Waals surface area contributed by atoms with Crippen molar-refractivity contribution in [3.8, 4) is 0 Å². The molecule has 5 heteroatoms. The van der Waals surface area contributed by atoms with E-state index in [0.29, 0.717) is 25.3 Å². The third-order valence-corrected chi connectivity index (χ3v) is 4.39. The van der Waals surface area contributed by atoms with Gasteiger partial charge in [-0.05, 0) is 33.7 Å². The molecule has 2 saturated heterocycles. The monoisotopic (exact) mass is 269 g/mol. The molecule has 2 aliphatic rings. The summed E-state index contributed by atoms with van der Waals surface area (Å²) in [6.45, 7) is 7.81. The summed E-state index contributed by atoms with van der Waals surface area (Å²) in [7, 11) is 1.89. The Morgan fingerprint density at radius 1 is 1.26 bits per heavy atom. The summed E-state index contributed by atoms with van der Waals surface area (Å²) in [4.78, 5) is 14.7. The van der Waals surface area contributed by atoms with Crippen molar-refractivity contribution in [3.63, 3.8) is 0 Å². The first-order chi connectivity index (χ1) is 9.11. The van der Waals surface area contributed by atoms with E-state index in [1.165, 1.54) is 0 Å². The maximum absolute atomic E-state index is 12.3. The highest BCUT2D eigenvalue weighted by atomic mass is 16.5. The van der Waals surface area contributed by atoms with Gasteiger partial charge in [0.25, 0.3) is 0 Å². The van der Waals surface area contributed by atoms with Crippen molar-refractivity contribution in [2.24, 2.45) is 5.92 Å². The molecule has 0 aliphatic carbocycles. The standard InChI is InChI=1S/C14H27N3O2/c1-10(2)17-6-4-11(5-7-17)16-14(18)12-8-19-9-13(12)15-3/h10-13,15H,4-9H2,1-3H3,(H,16,18). The van der Waals surface area contributed by atoms with E-state index in [1.54, 1.807) is 0 Å². The topological polar surface area (TPSA) is 53.6 Å². The third-order valence-electron chi connectivity index (χ3n) is 4.39. The summed E-state index contributed by atoms with van der Waals surface area (Å²) < 4.78 is 5.39. The van der Waals surface area contributed by atoms with E-state index in [1.807, 2.05) is 7.05 Å². The summed E-state index contributed by atoms with van der Waals surface area (Å²) in [5.74, 6) is 0.118. The number of hydrogen-bond acceptors (Lipinski definition) is 4. The van der Waals surface area contributed by atoms with Crippen LogP contribution in [0.5, 0.6) is 0 Å². The smallest absolute Gasteiger partial charge is 0.227 e. The van der Waals surface area contributed by atoms with Gasteiger partial charge in [-0.25, -0.2) is 0 Å². The molecular formula is C14H27N3O2. The van der Waals surface area contributed by atoms with E-state index in [2.05, 4.69) is 29.4 Å². The van der Waals surface area contributed by atoms with E-state index in [0.717, 1.165) is 25.9 Å². The zero-order chi connectivity index (χ0) is 13.8. The number of nitrogens with zero attached hydrogens (tertiary/aromatic N) is 1. The predicted octanol–water partition coefficient (Wildman–Crippen LogP) is 0.210. The molecule has 0 saturated carbocycles. The molecule has 2 fully saturated rings. The zero-order valence-electron chi connectivity index (χ0n) is 12.3. The van der Waals surface area contributed by atoms with Gasteiger partial charge < -0.3 is 20.3 Å². The molecule has 19 heavy (non-hydrogen) atoms. The first-order valence-electron chi connectivity index (χ1n) is 7.41. The van der Waals surface area contributed by atoms with E-state index < -0.39 is 0 Å². The fourth-order valence-corrected chi connectivity index (χ4v) is 2.97. The fourth-order valence-electron chi connectivity index (χ4n) is 2.97. The second kappa shape index (κ2) is 6.68. The quantitative estimate of drug-likeness (QED) is 0.766. The average Bonchev–Trinajstić information content (AvgIpc) is 2.87. The molecule has 2 heterocycles. The van der Waals surface area contributed by atoms with Gasteiger partial charge in [-0.3, -0.25) is 4.79 Å². The number of carbonyl (C=O) groups is 1. The van der Waals surface area contributed by atoms with E-state index in [4.69, 9.17) is 4.74 Å². The highest BCUT2D eigenvalue weighted by molar-refractivity contribution is 5.80. The molecule has 0 aromatic carbocycles. The Hall–Kier alpha value is -0.650. The second-order valence-electron chi connectivity index (χ2n) is 5.95. The van der Waals surface area contributed by atoms with Crippen LogP contribution in [0.25, 0.3) is 0 Å². The van der Waals surface area contributed by atoms with Gasteiger partial charge in [0.15, 0.2) is 0 Å². The molecule has 0 bridgehead atoms. The Kier molecular flexibility index (Phi) is 5.19.